The summed E-state index contributed by atoms with van der Waals surface area (Å²) < 4.78 is 31.3. The van der Waals surface area contributed by atoms with E-state index < -0.39 is 10.3 Å². The summed E-state index contributed by atoms with van der Waals surface area (Å²) in [6, 6.07) is 0.493. The molecule has 18 heavy (non-hydrogen) atoms. The summed E-state index contributed by atoms with van der Waals surface area (Å²) in [7, 11) is -3.97. The smallest absolute Gasteiger partial charge is 0.328 e. The fraction of sp³-hybridized carbons (Fsp3) is 1.00. The van der Waals surface area contributed by atoms with E-state index in [1.807, 2.05) is 0 Å². The molecule has 0 aromatic rings. The standard InChI is InChI=1S/C6H13NO3S.C6H13N/c8-11(9,10)7-6-4-2-1-3-5-6;7-6-4-2-1-3-5-6/h6-7H,1-5H2,(H,8,9,10);6H,1-5,7H2. The molecule has 2 saturated carbocycles. The maximum Gasteiger partial charge on any atom is 0.333 e. The first-order chi connectivity index (χ1) is 8.47. The van der Waals surface area contributed by atoms with Crippen molar-refractivity contribution in [1.82, 2.24) is 4.72 Å². The highest BCUT2D eigenvalue weighted by Gasteiger charge is 2.17. The van der Waals surface area contributed by atoms with Crippen molar-refractivity contribution >= 4 is 10.3 Å². The van der Waals surface area contributed by atoms with Crippen molar-refractivity contribution < 1.29 is 13.0 Å². The third-order valence-electron chi connectivity index (χ3n) is 3.57. The second kappa shape index (κ2) is 8.09. The van der Waals surface area contributed by atoms with Crippen molar-refractivity contribution in [3.8, 4) is 0 Å². The normalized spacial score (nSPS) is 23.2. The quantitative estimate of drug-likeness (QED) is 0.673. The molecule has 0 radical (unpaired) electrons. The van der Waals surface area contributed by atoms with Crippen molar-refractivity contribution in [1.29, 1.82) is 0 Å². The highest BCUT2D eigenvalue weighted by atomic mass is 32.2. The van der Waals surface area contributed by atoms with Gasteiger partial charge in [-0.05, 0) is 25.7 Å². The van der Waals surface area contributed by atoms with Crippen molar-refractivity contribution in [2.45, 2.75) is 76.3 Å². The summed E-state index contributed by atoms with van der Waals surface area (Å²) in [5, 5.41) is 0. The predicted octanol–water partition coefficient (Wildman–Crippen LogP) is 1.99. The second-order valence-electron chi connectivity index (χ2n) is 5.33. The van der Waals surface area contributed by atoms with E-state index in [0.717, 1.165) is 25.7 Å². The largest absolute Gasteiger partial charge is 0.333 e. The molecule has 0 atom stereocenters. The molecular formula is C12H26N2O3S. The molecule has 0 unspecified atom stereocenters. The Morgan fingerprint density at radius 3 is 1.67 bits per heavy atom. The average Bonchev–Trinajstić information content (AvgIpc) is 2.30. The van der Waals surface area contributed by atoms with Crippen molar-refractivity contribution in [3.63, 3.8) is 0 Å². The summed E-state index contributed by atoms with van der Waals surface area (Å²) in [5.41, 5.74) is 5.63. The number of rotatable bonds is 2. The van der Waals surface area contributed by atoms with Crippen LogP contribution in [0, 0.1) is 0 Å². The Balaban J connectivity index is 0.000000199. The first kappa shape index (κ1) is 15.9. The van der Waals surface area contributed by atoms with Gasteiger partial charge in [0.1, 0.15) is 0 Å². The summed E-state index contributed by atoms with van der Waals surface area (Å²) in [4.78, 5) is 0. The minimum absolute atomic E-state index is 0.0428. The van der Waals surface area contributed by atoms with Crippen molar-refractivity contribution in [2.24, 2.45) is 5.73 Å². The third-order valence-corrected chi connectivity index (χ3v) is 4.20. The van der Waals surface area contributed by atoms with E-state index in [0.29, 0.717) is 6.04 Å². The van der Waals surface area contributed by atoms with Gasteiger partial charge in [-0.25, -0.2) is 0 Å². The molecule has 4 N–H and O–H groups in total. The maximum absolute atomic E-state index is 10.3. The lowest BCUT2D eigenvalue weighted by Crippen LogP contribution is -2.35. The molecule has 0 spiro atoms. The van der Waals surface area contributed by atoms with Gasteiger partial charge in [0.15, 0.2) is 0 Å². The zero-order valence-corrected chi connectivity index (χ0v) is 11.8. The van der Waals surface area contributed by atoms with Gasteiger partial charge < -0.3 is 5.73 Å². The predicted molar refractivity (Wildman–Crippen MR) is 72.6 cm³/mol. The SMILES string of the molecule is NC1CCCCC1.O=S(=O)(O)NC1CCCCC1. The highest BCUT2D eigenvalue weighted by Crippen LogP contribution is 2.17. The molecular weight excluding hydrogens is 252 g/mol. The molecule has 0 aromatic heterocycles. The van der Waals surface area contributed by atoms with Crippen molar-refractivity contribution in [3.05, 3.63) is 0 Å². The van der Waals surface area contributed by atoms with Gasteiger partial charge in [-0.3, -0.25) is 4.55 Å². The Kier molecular flexibility index (Phi) is 7.14. The zero-order valence-electron chi connectivity index (χ0n) is 11.0. The Labute approximate surface area is 110 Å². The van der Waals surface area contributed by atoms with Crippen LogP contribution in [0.5, 0.6) is 0 Å². The molecule has 0 aliphatic heterocycles. The third kappa shape index (κ3) is 8.02. The minimum Gasteiger partial charge on any atom is -0.328 e. The lowest BCUT2D eigenvalue weighted by atomic mass is 9.96. The maximum atomic E-state index is 10.3. The summed E-state index contributed by atoms with van der Waals surface area (Å²) in [5.74, 6) is 0. The van der Waals surface area contributed by atoms with Gasteiger partial charge in [-0.2, -0.15) is 13.1 Å². The lowest BCUT2D eigenvalue weighted by molar-refractivity contribution is 0.389. The molecule has 6 heteroatoms. The van der Waals surface area contributed by atoms with E-state index in [1.54, 1.807) is 0 Å². The molecule has 0 saturated heterocycles. The van der Waals surface area contributed by atoms with Crippen LogP contribution in [0.4, 0.5) is 0 Å². The molecule has 2 fully saturated rings. The molecule has 0 amide bonds. The molecule has 0 aromatic carbocycles. The topological polar surface area (TPSA) is 92.4 Å². The van der Waals surface area contributed by atoms with Gasteiger partial charge >= 0.3 is 10.3 Å². The first-order valence-electron chi connectivity index (χ1n) is 6.98. The Morgan fingerprint density at radius 1 is 0.889 bits per heavy atom. The fourth-order valence-electron chi connectivity index (χ4n) is 2.57. The Morgan fingerprint density at radius 2 is 1.33 bits per heavy atom. The lowest BCUT2D eigenvalue weighted by Gasteiger charge is -2.20. The summed E-state index contributed by atoms with van der Waals surface area (Å²) >= 11 is 0. The van der Waals surface area contributed by atoms with E-state index >= 15 is 0 Å². The van der Waals surface area contributed by atoms with Crippen LogP contribution in [-0.2, 0) is 10.3 Å². The molecule has 2 aliphatic rings. The average molecular weight is 278 g/mol. The number of hydrogen-bond donors (Lipinski definition) is 3. The van der Waals surface area contributed by atoms with E-state index in [9.17, 15) is 8.42 Å². The van der Waals surface area contributed by atoms with Crippen LogP contribution in [0.3, 0.4) is 0 Å². The summed E-state index contributed by atoms with van der Waals surface area (Å²) in [6.07, 6.45) is 11.6. The van der Waals surface area contributed by atoms with E-state index in [-0.39, 0.29) is 6.04 Å². The zero-order chi connectivity index (χ0) is 13.4. The second-order valence-corrected chi connectivity index (χ2v) is 6.51. The van der Waals surface area contributed by atoms with Gasteiger partial charge in [-0.1, -0.05) is 38.5 Å². The minimum atomic E-state index is -3.97. The number of nitrogens with two attached hydrogens (primary N) is 1. The molecule has 0 bridgehead atoms. The van der Waals surface area contributed by atoms with Gasteiger partial charge in [0, 0.05) is 12.1 Å². The monoisotopic (exact) mass is 278 g/mol. The Bertz CT molecular complexity index is 307. The van der Waals surface area contributed by atoms with Crippen LogP contribution in [0.15, 0.2) is 0 Å². The molecule has 0 heterocycles. The van der Waals surface area contributed by atoms with Gasteiger partial charge in [-0.15, -0.1) is 0 Å². The van der Waals surface area contributed by atoms with Gasteiger partial charge in [0.2, 0.25) is 0 Å². The highest BCUT2D eigenvalue weighted by molar-refractivity contribution is 7.83. The number of hydrogen-bond acceptors (Lipinski definition) is 3. The van der Waals surface area contributed by atoms with Gasteiger partial charge in [0.05, 0.1) is 0 Å². The summed E-state index contributed by atoms with van der Waals surface area (Å²) in [6.45, 7) is 0. The van der Waals surface area contributed by atoms with Crippen LogP contribution in [0.25, 0.3) is 0 Å². The van der Waals surface area contributed by atoms with Crippen LogP contribution < -0.4 is 10.5 Å². The van der Waals surface area contributed by atoms with Crippen LogP contribution in [0.1, 0.15) is 64.2 Å². The molecule has 2 aliphatic carbocycles. The van der Waals surface area contributed by atoms with E-state index in [4.69, 9.17) is 10.3 Å². The molecule has 5 nitrogen and oxygen atoms in total. The van der Waals surface area contributed by atoms with E-state index in [2.05, 4.69) is 4.72 Å². The van der Waals surface area contributed by atoms with Gasteiger partial charge in [0.25, 0.3) is 0 Å². The van der Waals surface area contributed by atoms with Crippen LogP contribution >= 0.6 is 0 Å². The molecule has 108 valence electrons. The van der Waals surface area contributed by atoms with Crippen LogP contribution in [-0.4, -0.2) is 25.1 Å². The fourth-order valence-corrected chi connectivity index (χ4v) is 3.22. The van der Waals surface area contributed by atoms with Crippen LogP contribution in [0.2, 0.25) is 0 Å². The first-order valence-corrected chi connectivity index (χ1v) is 8.42. The Hall–Kier alpha value is -0.170. The van der Waals surface area contributed by atoms with Crippen molar-refractivity contribution in [2.75, 3.05) is 0 Å². The van der Waals surface area contributed by atoms with E-state index in [1.165, 1.54) is 38.5 Å². The molecule has 2 rings (SSSR count). The number of nitrogens with one attached hydrogen (secondary N) is 1.